The largest absolute Gasteiger partial charge is 0.372 e. The van der Waals surface area contributed by atoms with Crippen LogP contribution in [0.1, 0.15) is 28.8 Å². The van der Waals surface area contributed by atoms with Gasteiger partial charge in [0, 0.05) is 57.2 Å². The lowest BCUT2D eigenvalue weighted by Crippen LogP contribution is -2.57. The van der Waals surface area contributed by atoms with Gasteiger partial charge in [-0.3, -0.25) is 9.69 Å². The third-order valence-electron chi connectivity index (χ3n) is 5.82. The summed E-state index contributed by atoms with van der Waals surface area (Å²) < 4.78 is 8.34. The van der Waals surface area contributed by atoms with Gasteiger partial charge in [0.1, 0.15) is 0 Å². The Balaban J connectivity index is 1.31. The van der Waals surface area contributed by atoms with Crippen molar-refractivity contribution in [2.75, 3.05) is 39.3 Å². The van der Waals surface area contributed by atoms with Crippen LogP contribution in [-0.2, 0) is 11.3 Å². The molecule has 1 aromatic carbocycles. The quantitative estimate of drug-likeness (QED) is 0.830. The highest BCUT2D eigenvalue weighted by molar-refractivity contribution is 5.94. The van der Waals surface area contributed by atoms with Gasteiger partial charge in [0.15, 0.2) is 0 Å². The van der Waals surface area contributed by atoms with Gasteiger partial charge in [-0.25, -0.2) is 4.98 Å². The third kappa shape index (κ3) is 4.22. The molecule has 144 valence electrons. The molecule has 0 radical (unpaired) electrons. The fourth-order valence-electron chi connectivity index (χ4n) is 4.09. The Labute approximate surface area is 160 Å². The van der Waals surface area contributed by atoms with Gasteiger partial charge in [-0.05, 0) is 31.9 Å². The van der Waals surface area contributed by atoms with Crippen LogP contribution < -0.4 is 0 Å². The van der Waals surface area contributed by atoms with Crippen molar-refractivity contribution in [3.05, 3.63) is 54.1 Å². The Morgan fingerprint density at radius 3 is 2.63 bits per heavy atom. The first-order valence-electron chi connectivity index (χ1n) is 9.82. The molecule has 0 saturated carbocycles. The second-order valence-corrected chi connectivity index (χ2v) is 7.77. The zero-order chi connectivity index (χ0) is 18.7. The van der Waals surface area contributed by atoms with Crippen LogP contribution in [0.3, 0.4) is 0 Å². The Morgan fingerprint density at radius 1 is 1.15 bits per heavy atom. The summed E-state index contributed by atoms with van der Waals surface area (Å²) in [6.07, 6.45) is 7.51. The fraction of sp³-hybridized carbons (Fsp3) is 0.524. The first-order chi connectivity index (χ1) is 13.1. The topological polar surface area (TPSA) is 50.6 Å². The standard InChI is InChI=1S/C21H28N4O2/c1-18-2-4-19(5-3-18)20(26)25-9-6-21(7-10-25)16-23(14-15-27-21)12-13-24-11-8-22-17-24/h2-5,8,11,17H,6-7,9-10,12-16H2,1H3. The Morgan fingerprint density at radius 2 is 1.93 bits per heavy atom. The SMILES string of the molecule is Cc1ccc(C(=O)N2CCC3(CC2)CN(CCn2ccnc2)CCO3)cc1. The molecule has 1 aromatic heterocycles. The lowest BCUT2D eigenvalue weighted by atomic mass is 9.89. The maximum atomic E-state index is 12.7. The number of carbonyl (C=O) groups excluding carboxylic acids is 1. The molecule has 0 aliphatic carbocycles. The van der Waals surface area contributed by atoms with Crippen LogP contribution in [0, 0.1) is 6.92 Å². The van der Waals surface area contributed by atoms with Crippen LogP contribution in [0.15, 0.2) is 43.0 Å². The second kappa shape index (κ2) is 7.82. The predicted molar refractivity (Wildman–Crippen MR) is 104 cm³/mol. The number of nitrogens with zero attached hydrogens (tertiary/aromatic N) is 4. The molecule has 1 spiro atoms. The van der Waals surface area contributed by atoms with Gasteiger partial charge in [-0.1, -0.05) is 17.7 Å². The molecule has 1 amide bonds. The van der Waals surface area contributed by atoms with Crippen LogP contribution >= 0.6 is 0 Å². The molecule has 27 heavy (non-hydrogen) atoms. The van der Waals surface area contributed by atoms with Crippen molar-refractivity contribution in [2.45, 2.75) is 31.9 Å². The van der Waals surface area contributed by atoms with Crippen LogP contribution in [0.25, 0.3) is 0 Å². The smallest absolute Gasteiger partial charge is 0.253 e. The van der Waals surface area contributed by atoms with E-state index < -0.39 is 0 Å². The van der Waals surface area contributed by atoms with E-state index in [1.165, 1.54) is 5.56 Å². The Bertz CT molecular complexity index is 749. The molecule has 2 aliphatic rings. The summed E-state index contributed by atoms with van der Waals surface area (Å²) in [5, 5.41) is 0. The molecule has 2 aromatic rings. The fourth-order valence-corrected chi connectivity index (χ4v) is 4.09. The van der Waals surface area contributed by atoms with E-state index >= 15 is 0 Å². The van der Waals surface area contributed by atoms with Crippen molar-refractivity contribution in [2.24, 2.45) is 0 Å². The van der Waals surface area contributed by atoms with Crippen molar-refractivity contribution in [3.63, 3.8) is 0 Å². The van der Waals surface area contributed by atoms with Crippen LogP contribution in [0.4, 0.5) is 0 Å². The normalized spacial score (nSPS) is 20.1. The number of aryl methyl sites for hydroxylation is 1. The highest BCUT2D eigenvalue weighted by Gasteiger charge is 2.40. The minimum Gasteiger partial charge on any atom is -0.372 e. The van der Waals surface area contributed by atoms with Crippen LogP contribution in [0.2, 0.25) is 0 Å². The number of rotatable bonds is 4. The van der Waals surface area contributed by atoms with Gasteiger partial charge in [-0.15, -0.1) is 0 Å². The summed E-state index contributed by atoms with van der Waals surface area (Å²) in [4.78, 5) is 21.3. The number of imidazole rings is 1. The summed E-state index contributed by atoms with van der Waals surface area (Å²) in [6.45, 7) is 8.23. The van der Waals surface area contributed by atoms with Gasteiger partial charge < -0.3 is 14.2 Å². The van der Waals surface area contributed by atoms with Crippen LogP contribution in [-0.4, -0.2) is 70.2 Å². The minimum atomic E-state index is -0.1000. The zero-order valence-corrected chi connectivity index (χ0v) is 16.0. The van der Waals surface area contributed by atoms with E-state index in [0.29, 0.717) is 0 Å². The number of benzene rings is 1. The molecule has 6 heteroatoms. The number of piperidine rings is 1. The summed E-state index contributed by atoms with van der Waals surface area (Å²) in [5.41, 5.74) is 1.86. The van der Waals surface area contributed by atoms with Crippen molar-refractivity contribution in [1.82, 2.24) is 19.4 Å². The first kappa shape index (κ1) is 18.2. The van der Waals surface area contributed by atoms with E-state index in [1.807, 2.05) is 54.8 Å². The lowest BCUT2D eigenvalue weighted by Gasteiger charge is -2.47. The van der Waals surface area contributed by atoms with Gasteiger partial charge in [0.25, 0.3) is 5.91 Å². The number of carbonyl (C=O) groups is 1. The van der Waals surface area contributed by atoms with Gasteiger partial charge in [-0.2, -0.15) is 0 Å². The second-order valence-electron chi connectivity index (χ2n) is 7.77. The van der Waals surface area contributed by atoms with Crippen molar-refractivity contribution >= 4 is 5.91 Å². The average molecular weight is 368 g/mol. The minimum absolute atomic E-state index is 0.1000. The molecule has 2 aliphatic heterocycles. The predicted octanol–water partition coefficient (Wildman–Crippen LogP) is 2.20. The molecule has 0 bridgehead atoms. The summed E-state index contributed by atoms with van der Waals surface area (Å²) in [7, 11) is 0. The van der Waals surface area contributed by atoms with Gasteiger partial charge in [0.2, 0.25) is 0 Å². The maximum absolute atomic E-state index is 12.7. The molecular weight excluding hydrogens is 340 g/mol. The molecule has 4 rings (SSSR count). The molecule has 3 heterocycles. The molecule has 6 nitrogen and oxygen atoms in total. The van der Waals surface area contributed by atoms with E-state index in [0.717, 1.165) is 64.3 Å². The van der Waals surface area contributed by atoms with Crippen molar-refractivity contribution < 1.29 is 9.53 Å². The van der Waals surface area contributed by atoms with Crippen LogP contribution in [0.5, 0.6) is 0 Å². The van der Waals surface area contributed by atoms with Crippen molar-refractivity contribution in [1.29, 1.82) is 0 Å². The molecule has 2 fully saturated rings. The molecule has 0 N–H and O–H groups in total. The number of ether oxygens (including phenoxy) is 1. The van der Waals surface area contributed by atoms with Gasteiger partial charge >= 0.3 is 0 Å². The average Bonchev–Trinajstić information content (AvgIpc) is 3.21. The van der Waals surface area contributed by atoms with Crippen molar-refractivity contribution in [3.8, 4) is 0 Å². The zero-order valence-electron chi connectivity index (χ0n) is 16.0. The first-order valence-corrected chi connectivity index (χ1v) is 9.82. The number of hydrogen-bond acceptors (Lipinski definition) is 4. The summed E-state index contributed by atoms with van der Waals surface area (Å²) in [5.74, 6) is 0.137. The Hall–Kier alpha value is -2.18. The third-order valence-corrected chi connectivity index (χ3v) is 5.82. The summed E-state index contributed by atoms with van der Waals surface area (Å²) >= 11 is 0. The van der Waals surface area contributed by atoms with E-state index in [9.17, 15) is 4.79 Å². The number of hydrogen-bond donors (Lipinski definition) is 0. The lowest BCUT2D eigenvalue weighted by molar-refractivity contribution is -0.132. The molecule has 0 unspecified atom stereocenters. The number of aromatic nitrogens is 2. The number of likely N-dealkylation sites (tertiary alicyclic amines) is 1. The van der Waals surface area contributed by atoms with Gasteiger partial charge in [0.05, 0.1) is 18.5 Å². The molecular formula is C21H28N4O2. The number of amides is 1. The van der Waals surface area contributed by atoms with E-state index in [1.54, 1.807) is 0 Å². The monoisotopic (exact) mass is 368 g/mol. The Kier molecular flexibility index (Phi) is 5.27. The summed E-state index contributed by atoms with van der Waals surface area (Å²) in [6, 6.07) is 7.86. The highest BCUT2D eigenvalue weighted by atomic mass is 16.5. The van der Waals surface area contributed by atoms with E-state index in [2.05, 4.69) is 14.5 Å². The highest BCUT2D eigenvalue weighted by Crippen LogP contribution is 2.30. The van der Waals surface area contributed by atoms with E-state index in [-0.39, 0.29) is 11.5 Å². The maximum Gasteiger partial charge on any atom is 0.253 e. The molecule has 2 saturated heterocycles. The van der Waals surface area contributed by atoms with E-state index in [4.69, 9.17) is 4.74 Å². The molecule has 0 atom stereocenters. The number of morpholine rings is 1.